The molecule has 1 fully saturated rings. The molecule has 1 heterocycles. The van der Waals surface area contributed by atoms with Gasteiger partial charge in [-0.05, 0) is 13.0 Å². The molecule has 1 aliphatic heterocycles. The largest absolute Gasteiger partial charge is 0.373 e. The Labute approximate surface area is 116 Å². The minimum Gasteiger partial charge on any atom is -0.373 e. The summed E-state index contributed by atoms with van der Waals surface area (Å²) in [6.07, 6.45) is -0.363. The number of hydrogen-bond acceptors (Lipinski definition) is 3. The Bertz CT molecular complexity index is 496. The van der Waals surface area contributed by atoms with Crippen molar-refractivity contribution >= 4 is 5.91 Å². The van der Waals surface area contributed by atoms with Crippen LogP contribution in [0, 0.1) is 11.6 Å². The molecule has 110 valence electrons. The molecule has 1 aliphatic rings. The molecule has 2 rings (SSSR count). The van der Waals surface area contributed by atoms with Gasteiger partial charge in [0.05, 0.1) is 25.2 Å². The van der Waals surface area contributed by atoms with Crippen molar-refractivity contribution in [2.75, 3.05) is 19.7 Å². The summed E-state index contributed by atoms with van der Waals surface area (Å²) in [5.74, 6) is -2.15. The highest BCUT2D eigenvalue weighted by atomic mass is 19.2. The van der Waals surface area contributed by atoms with Crippen LogP contribution in [0.25, 0.3) is 0 Å². The van der Waals surface area contributed by atoms with E-state index in [2.05, 4.69) is 0 Å². The van der Waals surface area contributed by atoms with Gasteiger partial charge in [-0.25, -0.2) is 8.78 Å². The molecule has 2 N–H and O–H groups in total. The summed E-state index contributed by atoms with van der Waals surface area (Å²) < 4.78 is 32.2. The third kappa shape index (κ3) is 3.13. The third-order valence-corrected chi connectivity index (χ3v) is 3.46. The van der Waals surface area contributed by atoms with Crippen molar-refractivity contribution in [2.45, 2.75) is 25.5 Å². The van der Waals surface area contributed by atoms with Gasteiger partial charge in [-0.15, -0.1) is 0 Å². The third-order valence-electron chi connectivity index (χ3n) is 3.46. The lowest BCUT2D eigenvalue weighted by Crippen LogP contribution is -2.53. The van der Waals surface area contributed by atoms with Crippen molar-refractivity contribution in [3.8, 4) is 0 Å². The number of carbonyl (C=O) groups excluding carboxylic acids is 1. The number of morpholine rings is 1. The number of rotatable bonds is 3. The molecule has 1 aromatic rings. The zero-order valence-corrected chi connectivity index (χ0v) is 11.3. The van der Waals surface area contributed by atoms with E-state index in [1.165, 1.54) is 12.1 Å². The Hall–Kier alpha value is -1.53. The summed E-state index contributed by atoms with van der Waals surface area (Å²) in [7, 11) is 0. The lowest BCUT2D eigenvalue weighted by Gasteiger charge is -2.37. The van der Waals surface area contributed by atoms with E-state index in [-0.39, 0.29) is 30.0 Å². The van der Waals surface area contributed by atoms with E-state index in [0.29, 0.717) is 19.7 Å². The highest BCUT2D eigenvalue weighted by Crippen LogP contribution is 2.16. The van der Waals surface area contributed by atoms with Crippen molar-refractivity contribution in [1.82, 2.24) is 4.90 Å². The predicted molar refractivity (Wildman–Crippen MR) is 70.0 cm³/mol. The van der Waals surface area contributed by atoms with E-state index in [9.17, 15) is 13.6 Å². The molecule has 1 amide bonds. The second kappa shape index (κ2) is 6.28. The Morgan fingerprint density at radius 2 is 2.25 bits per heavy atom. The van der Waals surface area contributed by atoms with E-state index in [1.54, 1.807) is 4.90 Å². The first-order chi connectivity index (χ1) is 9.52. The van der Waals surface area contributed by atoms with E-state index >= 15 is 0 Å². The quantitative estimate of drug-likeness (QED) is 0.903. The van der Waals surface area contributed by atoms with Crippen molar-refractivity contribution in [2.24, 2.45) is 5.73 Å². The second-order valence-electron chi connectivity index (χ2n) is 4.98. The van der Waals surface area contributed by atoms with Crippen molar-refractivity contribution in [3.05, 3.63) is 35.4 Å². The van der Waals surface area contributed by atoms with Gasteiger partial charge in [0.1, 0.15) is 0 Å². The number of hydrogen-bond donors (Lipinski definition) is 1. The van der Waals surface area contributed by atoms with Gasteiger partial charge in [-0.2, -0.15) is 0 Å². The van der Waals surface area contributed by atoms with Crippen LogP contribution in [0.15, 0.2) is 18.2 Å². The number of nitrogens with two attached hydrogens (primary N) is 1. The highest BCUT2D eigenvalue weighted by molar-refractivity contribution is 5.79. The zero-order valence-electron chi connectivity index (χ0n) is 11.3. The maximum absolute atomic E-state index is 13.6. The molecule has 2 atom stereocenters. The summed E-state index contributed by atoms with van der Waals surface area (Å²) in [5, 5.41) is 0. The van der Waals surface area contributed by atoms with Crippen LogP contribution in [0.1, 0.15) is 12.5 Å². The van der Waals surface area contributed by atoms with Crippen molar-refractivity contribution < 1.29 is 18.3 Å². The van der Waals surface area contributed by atoms with Crippen LogP contribution in [0.3, 0.4) is 0 Å². The molecule has 2 unspecified atom stereocenters. The van der Waals surface area contributed by atoms with Crippen LogP contribution in [-0.4, -0.2) is 42.6 Å². The lowest BCUT2D eigenvalue weighted by atomic mass is 10.1. The number of amides is 1. The smallest absolute Gasteiger partial charge is 0.227 e. The van der Waals surface area contributed by atoms with Crippen LogP contribution >= 0.6 is 0 Å². The Morgan fingerprint density at radius 3 is 2.95 bits per heavy atom. The minimum absolute atomic E-state index is 0.0676. The number of ether oxygens (including phenoxy) is 1. The molecule has 20 heavy (non-hydrogen) atoms. The Morgan fingerprint density at radius 1 is 1.50 bits per heavy atom. The minimum atomic E-state index is -0.961. The zero-order chi connectivity index (χ0) is 14.7. The van der Waals surface area contributed by atoms with Crippen LogP contribution < -0.4 is 5.73 Å². The summed E-state index contributed by atoms with van der Waals surface area (Å²) in [5.41, 5.74) is 5.60. The molecular weight excluding hydrogens is 266 g/mol. The first kappa shape index (κ1) is 14.9. The fraction of sp³-hybridized carbons (Fsp3) is 0.500. The van der Waals surface area contributed by atoms with Gasteiger partial charge in [0.2, 0.25) is 5.91 Å². The van der Waals surface area contributed by atoms with Crippen LogP contribution in [-0.2, 0) is 16.0 Å². The van der Waals surface area contributed by atoms with Gasteiger partial charge < -0.3 is 15.4 Å². The van der Waals surface area contributed by atoms with Gasteiger partial charge in [0.15, 0.2) is 11.6 Å². The van der Waals surface area contributed by atoms with Crippen LogP contribution in [0.2, 0.25) is 0 Å². The molecule has 4 nitrogen and oxygen atoms in total. The van der Waals surface area contributed by atoms with Gasteiger partial charge in [0.25, 0.3) is 0 Å². The first-order valence-corrected chi connectivity index (χ1v) is 6.57. The van der Waals surface area contributed by atoms with Gasteiger partial charge in [-0.1, -0.05) is 12.1 Å². The standard InChI is InChI=1S/C14H18F2N2O2/c1-9-8-20-11(6-17)7-18(9)13(19)5-10-3-2-4-12(15)14(10)16/h2-4,9,11H,5-8,17H2,1H3. The number of carbonyl (C=O) groups is 1. The van der Waals surface area contributed by atoms with E-state index in [0.717, 1.165) is 6.07 Å². The monoisotopic (exact) mass is 284 g/mol. The SMILES string of the molecule is CC1COC(CN)CN1C(=O)Cc1cccc(F)c1F. The molecular formula is C14H18F2N2O2. The number of halogens is 2. The Balaban J connectivity index is 2.09. The van der Waals surface area contributed by atoms with Crippen molar-refractivity contribution in [1.29, 1.82) is 0 Å². The molecule has 0 aromatic heterocycles. The molecule has 0 saturated carbocycles. The summed E-state index contributed by atoms with van der Waals surface area (Å²) in [6.45, 7) is 2.96. The van der Waals surface area contributed by atoms with E-state index in [4.69, 9.17) is 10.5 Å². The van der Waals surface area contributed by atoms with Crippen LogP contribution in [0.5, 0.6) is 0 Å². The molecule has 0 spiro atoms. The number of benzene rings is 1. The topological polar surface area (TPSA) is 55.6 Å². The van der Waals surface area contributed by atoms with Crippen LogP contribution in [0.4, 0.5) is 8.78 Å². The summed E-state index contributed by atoms with van der Waals surface area (Å²) in [6, 6.07) is 3.75. The van der Waals surface area contributed by atoms with E-state index < -0.39 is 11.6 Å². The fourth-order valence-corrected chi connectivity index (χ4v) is 2.26. The van der Waals surface area contributed by atoms with E-state index in [1.807, 2.05) is 6.92 Å². The maximum atomic E-state index is 13.6. The van der Waals surface area contributed by atoms with Gasteiger partial charge in [0, 0.05) is 18.7 Å². The molecule has 0 aliphatic carbocycles. The molecule has 6 heteroatoms. The average Bonchev–Trinajstić information content (AvgIpc) is 2.44. The highest BCUT2D eigenvalue weighted by Gasteiger charge is 2.29. The number of nitrogens with zero attached hydrogens (tertiary/aromatic N) is 1. The molecule has 0 bridgehead atoms. The predicted octanol–water partition coefficient (Wildman–Crippen LogP) is 1.08. The van der Waals surface area contributed by atoms with Gasteiger partial charge in [-0.3, -0.25) is 4.79 Å². The maximum Gasteiger partial charge on any atom is 0.227 e. The summed E-state index contributed by atoms with van der Waals surface area (Å²) in [4.78, 5) is 13.9. The average molecular weight is 284 g/mol. The summed E-state index contributed by atoms with van der Waals surface area (Å²) >= 11 is 0. The molecule has 0 radical (unpaired) electrons. The second-order valence-corrected chi connectivity index (χ2v) is 4.98. The fourth-order valence-electron chi connectivity index (χ4n) is 2.26. The lowest BCUT2D eigenvalue weighted by molar-refractivity contribution is -0.142. The molecule has 1 aromatic carbocycles. The normalized spacial score (nSPS) is 22.9. The van der Waals surface area contributed by atoms with Gasteiger partial charge >= 0.3 is 0 Å². The molecule has 1 saturated heterocycles. The Kier molecular flexibility index (Phi) is 4.67. The first-order valence-electron chi connectivity index (χ1n) is 6.57. The van der Waals surface area contributed by atoms with Crippen molar-refractivity contribution in [3.63, 3.8) is 0 Å².